The van der Waals surface area contributed by atoms with Crippen LogP contribution in [0.4, 0.5) is 5.69 Å². The van der Waals surface area contributed by atoms with E-state index in [4.69, 9.17) is 4.74 Å². The van der Waals surface area contributed by atoms with Crippen molar-refractivity contribution in [3.8, 4) is 11.5 Å². The molecule has 19 heavy (non-hydrogen) atoms. The largest absolute Gasteiger partial charge is 0.504 e. The number of aromatic hydroxyl groups is 1. The Morgan fingerprint density at radius 1 is 1.16 bits per heavy atom. The average molecular weight is 256 g/mol. The first-order chi connectivity index (χ1) is 9.22. The molecule has 4 heteroatoms. The van der Waals surface area contributed by atoms with Gasteiger partial charge in [-0.15, -0.1) is 0 Å². The van der Waals surface area contributed by atoms with Crippen LogP contribution < -0.4 is 10.2 Å². The highest BCUT2D eigenvalue weighted by Crippen LogP contribution is 2.28. The lowest BCUT2D eigenvalue weighted by Gasteiger charge is -2.06. The van der Waals surface area contributed by atoms with Crippen molar-refractivity contribution in [2.75, 3.05) is 12.5 Å². The Morgan fingerprint density at radius 3 is 2.68 bits per heavy atom. The van der Waals surface area contributed by atoms with Gasteiger partial charge in [-0.05, 0) is 30.7 Å². The smallest absolute Gasteiger partial charge is 0.166 e. The summed E-state index contributed by atoms with van der Waals surface area (Å²) in [5.41, 5.74) is 5.58. The minimum atomic E-state index is 0.0836. The number of ether oxygens (including phenoxy) is 1. The van der Waals surface area contributed by atoms with Gasteiger partial charge in [0.1, 0.15) is 0 Å². The monoisotopic (exact) mass is 256 g/mol. The Kier molecular flexibility index (Phi) is 4.03. The van der Waals surface area contributed by atoms with Crippen molar-refractivity contribution < 1.29 is 9.84 Å². The van der Waals surface area contributed by atoms with E-state index in [0.717, 1.165) is 11.3 Å². The van der Waals surface area contributed by atoms with Crippen molar-refractivity contribution >= 4 is 11.9 Å². The summed E-state index contributed by atoms with van der Waals surface area (Å²) >= 11 is 0. The highest BCUT2D eigenvalue weighted by Gasteiger charge is 2.04. The normalized spacial score (nSPS) is 10.6. The predicted molar refractivity (Wildman–Crippen MR) is 77.1 cm³/mol. The molecule has 0 aliphatic heterocycles. The molecule has 2 aromatic carbocycles. The van der Waals surface area contributed by atoms with E-state index in [1.165, 1.54) is 7.11 Å². The zero-order valence-corrected chi connectivity index (χ0v) is 10.9. The zero-order valence-electron chi connectivity index (χ0n) is 10.9. The number of hydrogen-bond donors (Lipinski definition) is 2. The van der Waals surface area contributed by atoms with E-state index in [1.807, 2.05) is 31.2 Å². The third kappa shape index (κ3) is 3.04. The maximum atomic E-state index is 9.90. The van der Waals surface area contributed by atoms with Crippen molar-refractivity contribution in [3.63, 3.8) is 0 Å². The minimum absolute atomic E-state index is 0.0836. The maximum absolute atomic E-state index is 9.90. The van der Waals surface area contributed by atoms with Gasteiger partial charge in [0.2, 0.25) is 0 Å². The highest BCUT2D eigenvalue weighted by atomic mass is 16.5. The second-order valence-electron chi connectivity index (χ2n) is 4.08. The molecule has 2 rings (SSSR count). The molecule has 0 radical (unpaired) electrons. The molecule has 2 aromatic rings. The van der Waals surface area contributed by atoms with Crippen molar-refractivity contribution in [2.24, 2.45) is 5.10 Å². The third-order valence-electron chi connectivity index (χ3n) is 2.78. The Balaban J connectivity index is 2.14. The van der Waals surface area contributed by atoms with Crippen LogP contribution in [0.3, 0.4) is 0 Å². The van der Waals surface area contributed by atoms with Gasteiger partial charge in [-0.3, -0.25) is 5.43 Å². The van der Waals surface area contributed by atoms with Crippen molar-refractivity contribution in [1.82, 2.24) is 0 Å². The summed E-state index contributed by atoms with van der Waals surface area (Å²) in [6.45, 7) is 2.00. The molecule has 0 bridgehead atoms. The number of phenols is 1. The molecule has 0 aliphatic rings. The van der Waals surface area contributed by atoms with Crippen molar-refractivity contribution in [3.05, 3.63) is 53.6 Å². The van der Waals surface area contributed by atoms with E-state index in [1.54, 1.807) is 24.4 Å². The minimum Gasteiger partial charge on any atom is -0.504 e. The van der Waals surface area contributed by atoms with Gasteiger partial charge in [0.15, 0.2) is 11.5 Å². The molecule has 0 aliphatic carbocycles. The van der Waals surface area contributed by atoms with Crippen LogP contribution in [0.25, 0.3) is 0 Å². The number of benzene rings is 2. The first-order valence-electron chi connectivity index (χ1n) is 5.93. The first kappa shape index (κ1) is 13.0. The summed E-state index contributed by atoms with van der Waals surface area (Å²) in [4.78, 5) is 0. The van der Waals surface area contributed by atoms with E-state index >= 15 is 0 Å². The number of para-hydroxylation sites is 2. The van der Waals surface area contributed by atoms with Gasteiger partial charge in [0, 0.05) is 5.56 Å². The maximum Gasteiger partial charge on any atom is 0.166 e. The van der Waals surface area contributed by atoms with E-state index in [0.29, 0.717) is 11.3 Å². The molecule has 2 N–H and O–H groups in total. The fourth-order valence-electron chi connectivity index (χ4n) is 1.68. The summed E-state index contributed by atoms with van der Waals surface area (Å²) in [5.74, 6) is 0.514. The van der Waals surface area contributed by atoms with Gasteiger partial charge in [-0.1, -0.05) is 24.3 Å². The highest BCUT2D eigenvalue weighted by molar-refractivity contribution is 5.85. The Bertz CT molecular complexity index is 594. The van der Waals surface area contributed by atoms with Gasteiger partial charge < -0.3 is 9.84 Å². The molecule has 0 amide bonds. The standard InChI is InChI=1S/C15H16N2O2/c1-11-6-3-4-8-13(11)17-16-10-12-7-5-9-14(19-2)15(12)18/h3-10,17-18H,1-2H3/b16-10-. The number of anilines is 1. The van der Waals surface area contributed by atoms with Gasteiger partial charge in [0.05, 0.1) is 19.0 Å². The summed E-state index contributed by atoms with van der Waals surface area (Å²) in [6.07, 6.45) is 1.56. The quantitative estimate of drug-likeness (QED) is 0.652. The molecular weight excluding hydrogens is 240 g/mol. The molecule has 4 nitrogen and oxygen atoms in total. The van der Waals surface area contributed by atoms with Gasteiger partial charge >= 0.3 is 0 Å². The van der Waals surface area contributed by atoms with E-state index in [2.05, 4.69) is 10.5 Å². The lowest BCUT2D eigenvalue weighted by atomic mass is 10.2. The van der Waals surface area contributed by atoms with E-state index in [-0.39, 0.29) is 5.75 Å². The Morgan fingerprint density at radius 2 is 1.95 bits per heavy atom. The number of nitrogens with one attached hydrogen (secondary N) is 1. The number of hydrogen-bond acceptors (Lipinski definition) is 4. The molecular formula is C15H16N2O2. The van der Waals surface area contributed by atoms with Gasteiger partial charge in [0.25, 0.3) is 0 Å². The molecule has 0 heterocycles. The van der Waals surface area contributed by atoms with Crippen molar-refractivity contribution in [1.29, 1.82) is 0 Å². The molecule has 0 unspecified atom stereocenters. The topological polar surface area (TPSA) is 53.8 Å². The van der Waals surface area contributed by atoms with Crippen LogP contribution in [0.1, 0.15) is 11.1 Å². The summed E-state index contributed by atoms with van der Waals surface area (Å²) < 4.78 is 5.04. The van der Waals surface area contributed by atoms with Gasteiger partial charge in [-0.2, -0.15) is 5.10 Å². The van der Waals surface area contributed by atoms with Crippen LogP contribution in [0.2, 0.25) is 0 Å². The molecule has 0 saturated carbocycles. The van der Waals surface area contributed by atoms with E-state index < -0.39 is 0 Å². The Labute approximate surface area is 112 Å². The SMILES string of the molecule is COc1cccc(/C=N\Nc2ccccc2C)c1O. The molecule has 0 aromatic heterocycles. The summed E-state index contributed by atoms with van der Waals surface area (Å²) in [7, 11) is 1.52. The van der Waals surface area contributed by atoms with Crippen LogP contribution in [-0.2, 0) is 0 Å². The lowest BCUT2D eigenvalue weighted by molar-refractivity contribution is 0.373. The van der Waals surface area contributed by atoms with Crippen LogP contribution in [-0.4, -0.2) is 18.4 Å². The van der Waals surface area contributed by atoms with Crippen molar-refractivity contribution in [2.45, 2.75) is 6.92 Å². The van der Waals surface area contributed by atoms with Gasteiger partial charge in [-0.25, -0.2) is 0 Å². The van der Waals surface area contributed by atoms with Crippen LogP contribution in [0.15, 0.2) is 47.6 Å². The summed E-state index contributed by atoms with van der Waals surface area (Å²) in [6, 6.07) is 13.1. The lowest BCUT2D eigenvalue weighted by Crippen LogP contribution is -1.94. The number of nitrogens with zero attached hydrogens (tertiary/aromatic N) is 1. The van der Waals surface area contributed by atoms with Crippen LogP contribution >= 0.6 is 0 Å². The van der Waals surface area contributed by atoms with E-state index in [9.17, 15) is 5.11 Å². The zero-order chi connectivity index (χ0) is 13.7. The summed E-state index contributed by atoms with van der Waals surface area (Å²) in [5, 5.41) is 14.0. The predicted octanol–water partition coefficient (Wildman–Crippen LogP) is 3.16. The second-order valence-corrected chi connectivity index (χ2v) is 4.08. The number of methoxy groups -OCH3 is 1. The Hall–Kier alpha value is -2.49. The number of phenolic OH excluding ortho intramolecular Hbond substituents is 1. The molecule has 0 atom stereocenters. The molecule has 0 spiro atoms. The number of rotatable bonds is 4. The average Bonchev–Trinajstić information content (AvgIpc) is 2.43. The fraction of sp³-hybridized carbons (Fsp3) is 0.133. The first-order valence-corrected chi connectivity index (χ1v) is 5.93. The van der Waals surface area contributed by atoms with Crippen LogP contribution in [0, 0.1) is 6.92 Å². The molecule has 0 saturated heterocycles. The van der Waals surface area contributed by atoms with Crippen LogP contribution in [0.5, 0.6) is 11.5 Å². The number of hydrazone groups is 1. The molecule has 98 valence electrons. The fourth-order valence-corrected chi connectivity index (χ4v) is 1.68. The second kappa shape index (κ2) is 5.91. The third-order valence-corrected chi connectivity index (χ3v) is 2.78. The number of aryl methyl sites for hydroxylation is 1. The molecule has 0 fully saturated rings.